The number of fused-ring (bicyclic) bond motifs is 1. The molecule has 4 rings (SSSR count). The number of hydrogen-bond donors (Lipinski definition) is 2. The first-order valence-electron chi connectivity index (χ1n) is 7.33. The molecular weight excluding hydrogens is 306 g/mol. The number of amides is 1. The Labute approximate surface area is 136 Å². The number of aromatic amines is 1. The van der Waals surface area contributed by atoms with Crippen molar-refractivity contribution in [1.82, 2.24) is 29.9 Å². The van der Waals surface area contributed by atoms with Crippen molar-refractivity contribution >= 4 is 22.8 Å². The highest BCUT2D eigenvalue weighted by Crippen LogP contribution is 2.15. The van der Waals surface area contributed by atoms with Crippen molar-refractivity contribution in [1.29, 1.82) is 0 Å². The van der Waals surface area contributed by atoms with Crippen LogP contribution in [0.25, 0.3) is 10.9 Å². The summed E-state index contributed by atoms with van der Waals surface area (Å²) < 4.78 is 1.61. The van der Waals surface area contributed by atoms with Gasteiger partial charge in [-0.1, -0.05) is 24.3 Å². The van der Waals surface area contributed by atoms with Gasteiger partial charge < -0.3 is 0 Å². The summed E-state index contributed by atoms with van der Waals surface area (Å²) in [4.78, 5) is 20.7. The summed E-state index contributed by atoms with van der Waals surface area (Å²) in [6, 6.07) is 13.1. The maximum absolute atomic E-state index is 12.4. The molecule has 3 heterocycles. The number of pyridine rings is 1. The van der Waals surface area contributed by atoms with Gasteiger partial charge in [0.05, 0.1) is 17.8 Å². The van der Waals surface area contributed by atoms with Gasteiger partial charge in [-0.2, -0.15) is 5.10 Å². The van der Waals surface area contributed by atoms with Gasteiger partial charge in [-0.25, -0.2) is 9.67 Å². The number of nitrogens with one attached hydrogen (secondary N) is 2. The van der Waals surface area contributed by atoms with Gasteiger partial charge >= 0.3 is 0 Å². The van der Waals surface area contributed by atoms with E-state index in [9.17, 15) is 4.79 Å². The maximum Gasteiger partial charge on any atom is 0.279 e. The third-order valence-corrected chi connectivity index (χ3v) is 3.50. The van der Waals surface area contributed by atoms with Gasteiger partial charge in [0, 0.05) is 11.6 Å². The minimum atomic E-state index is -0.358. The van der Waals surface area contributed by atoms with E-state index in [0.717, 1.165) is 16.6 Å². The van der Waals surface area contributed by atoms with Crippen LogP contribution in [0, 0.1) is 0 Å². The van der Waals surface area contributed by atoms with Gasteiger partial charge in [-0.3, -0.25) is 20.2 Å². The Bertz CT molecular complexity index is 990. The topological polar surface area (TPSA) is 101 Å². The van der Waals surface area contributed by atoms with E-state index in [0.29, 0.717) is 12.2 Å². The second kappa shape index (κ2) is 5.92. The van der Waals surface area contributed by atoms with Crippen LogP contribution in [-0.2, 0) is 6.54 Å². The summed E-state index contributed by atoms with van der Waals surface area (Å²) in [5, 5.41) is 14.5. The number of benzene rings is 1. The zero-order chi connectivity index (χ0) is 16.4. The number of hydrogen-bond acceptors (Lipinski definition) is 5. The summed E-state index contributed by atoms with van der Waals surface area (Å²) in [6.45, 7) is 0.481. The summed E-state index contributed by atoms with van der Waals surface area (Å²) in [5.41, 5.74) is 1.97. The van der Waals surface area contributed by atoms with E-state index in [-0.39, 0.29) is 11.9 Å². The fourth-order valence-corrected chi connectivity index (χ4v) is 2.38. The van der Waals surface area contributed by atoms with Crippen LogP contribution in [0.15, 0.2) is 55.0 Å². The van der Waals surface area contributed by atoms with Crippen molar-refractivity contribution < 1.29 is 4.79 Å². The average Bonchev–Trinajstić information content (AvgIpc) is 3.22. The van der Waals surface area contributed by atoms with Gasteiger partial charge in [0.2, 0.25) is 5.95 Å². The third kappa shape index (κ3) is 2.72. The lowest BCUT2D eigenvalue weighted by molar-refractivity contribution is 0.102. The summed E-state index contributed by atoms with van der Waals surface area (Å²) >= 11 is 0. The monoisotopic (exact) mass is 319 g/mol. The molecule has 0 aliphatic heterocycles. The highest BCUT2D eigenvalue weighted by Gasteiger charge is 2.15. The first-order valence-corrected chi connectivity index (χ1v) is 7.33. The largest absolute Gasteiger partial charge is 0.288 e. The third-order valence-electron chi connectivity index (χ3n) is 3.50. The molecule has 0 spiro atoms. The predicted octanol–water partition coefficient (Wildman–Crippen LogP) is 1.85. The van der Waals surface area contributed by atoms with Gasteiger partial charge in [0.1, 0.15) is 6.33 Å². The highest BCUT2D eigenvalue weighted by atomic mass is 16.2. The van der Waals surface area contributed by atoms with Crippen LogP contribution in [-0.4, -0.2) is 35.9 Å². The first kappa shape index (κ1) is 14.1. The van der Waals surface area contributed by atoms with Crippen molar-refractivity contribution in [3.05, 3.63) is 66.4 Å². The van der Waals surface area contributed by atoms with Gasteiger partial charge in [-0.15, -0.1) is 5.10 Å². The zero-order valence-corrected chi connectivity index (χ0v) is 12.5. The molecule has 0 atom stereocenters. The van der Waals surface area contributed by atoms with E-state index in [1.807, 2.05) is 42.5 Å². The van der Waals surface area contributed by atoms with Crippen molar-refractivity contribution in [2.75, 3.05) is 5.32 Å². The molecule has 8 heteroatoms. The molecule has 3 aromatic heterocycles. The van der Waals surface area contributed by atoms with Crippen LogP contribution >= 0.6 is 0 Å². The van der Waals surface area contributed by atoms with Gasteiger partial charge in [-0.05, 0) is 18.2 Å². The lowest BCUT2D eigenvalue weighted by Crippen LogP contribution is -2.14. The average molecular weight is 319 g/mol. The molecule has 1 aromatic carbocycles. The quantitative estimate of drug-likeness (QED) is 0.598. The molecule has 0 fully saturated rings. The Morgan fingerprint density at radius 3 is 2.88 bits per heavy atom. The molecule has 24 heavy (non-hydrogen) atoms. The van der Waals surface area contributed by atoms with E-state index in [2.05, 4.69) is 30.6 Å². The minimum absolute atomic E-state index is 0.225. The van der Waals surface area contributed by atoms with Gasteiger partial charge in [0.15, 0.2) is 5.69 Å². The smallest absolute Gasteiger partial charge is 0.279 e. The second-order valence-electron chi connectivity index (χ2n) is 5.16. The Morgan fingerprint density at radius 1 is 1.12 bits per heavy atom. The molecule has 0 unspecified atom stereocenters. The van der Waals surface area contributed by atoms with E-state index < -0.39 is 0 Å². The van der Waals surface area contributed by atoms with Gasteiger partial charge in [0.25, 0.3) is 5.91 Å². The number of aromatic nitrogens is 6. The van der Waals surface area contributed by atoms with Crippen molar-refractivity contribution in [2.45, 2.75) is 6.54 Å². The van der Waals surface area contributed by atoms with E-state index in [1.54, 1.807) is 17.2 Å². The SMILES string of the molecule is O=C(Nc1ncn(Cc2ccccn2)n1)c1n[nH]c2ccccc12. The number of nitrogens with zero attached hydrogens (tertiary/aromatic N) is 5. The Kier molecular flexibility index (Phi) is 3.47. The molecular formula is C16H13N7O. The van der Waals surface area contributed by atoms with E-state index >= 15 is 0 Å². The van der Waals surface area contributed by atoms with Crippen LogP contribution < -0.4 is 5.32 Å². The van der Waals surface area contributed by atoms with Crippen LogP contribution in [0.4, 0.5) is 5.95 Å². The zero-order valence-electron chi connectivity index (χ0n) is 12.5. The fraction of sp³-hybridized carbons (Fsp3) is 0.0625. The normalized spacial score (nSPS) is 10.8. The number of anilines is 1. The first-order chi connectivity index (χ1) is 11.8. The Morgan fingerprint density at radius 2 is 2.00 bits per heavy atom. The van der Waals surface area contributed by atoms with Crippen molar-refractivity contribution in [3.63, 3.8) is 0 Å². The Hall–Kier alpha value is -3.55. The molecule has 0 aliphatic rings. The number of para-hydroxylation sites is 1. The molecule has 0 saturated heterocycles. The van der Waals surface area contributed by atoms with E-state index in [4.69, 9.17) is 0 Å². The predicted molar refractivity (Wildman–Crippen MR) is 87.4 cm³/mol. The van der Waals surface area contributed by atoms with Crippen LogP contribution in [0.3, 0.4) is 0 Å². The van der Waals surface area contributed by atoms with Crippen molar-refractivity contribution in [3.8, 4) is 0 Å². The van der Waals surface area contributed by atoms with Crippen molar-refractivity contribution in [2.24, 2.45) is 0 Å². The summed E-state index contributed by atoms with van der Waals surface area (Å²) in [5.74, 6) is -0.133. The van der Waals surface area contributed by atoms with Crippen LogP contribution in [0.1, 0.15) is 16.2 Å². The summed E-state index contributed by atoms with van der Waals surface area (Å²) in [7, 11) is 0. The lowest BCUT2D eigenvalue weighted by atomic mass is 10.2. The maximum atomic E-state index is 12.4. The van der Waals surface area contributed by atoms with E-state index in [1.165, 1.54) is 0 Å². The Balaban J connectivity index is 1.50. The molecule has 1 amide bonds. The van der Waals surface area contributed by atoms with Crippen LogP contribution in [0.5, 0.6) is 0 Å². The minimum Gasteiger partial charge on any atom is -0.288 e. The molecule has 118 valence electrons. The second-order valence-corrected chi connectivity index (χ2v) is 5.16. The molecule has 0 saturated carbocycles. The highest BCUT2D eigenvalue weighted by molar-refractivity contribution is 6.10. The number of carbonyl (C=O) groups is 1. The molecule has 4 aromatic rings. The molecule has 0 aliphatic carbocycles. The standard InChI is InChI=1S/C16H13N7O/c24-15(14-12-6-1-2-7-13(12)20-21-14)19-16-18-10-23(22-16)9-11-5-3-4-8-17-11/h1-8,10H,9H2,(H,20,21)(H,19,22,24). The number of carbonyl (C=O) groups excluding carboxylic acids is 1. The molecule has 0 radical (unpaired) electrons. The molecule has 8 nitrogen and oxygen atoms in total. The number of rotatable bonds is 4. The number of H-pyrrole nitrogens is 1. The summed E-state index contributed by atoms with van der Waals surface area (Å²) in [6.07, 6.45) is 3.27. The molecule has 2 N–H and O–H groups in total. The fourth-order valence-electron chi connectivity index (χ4n) is 2.38. The lowest BCUT2D eigenvalue weighted by Gasteiger charge is -2.00. The molecule has 0 bridgehead atoms. The van der Waals surface area contributed by atoms with Crippen LogP contribution in [0.2, 0.25) is 0 Å².